The van der Waals surface area contributed by atoms with Gasteiger partial charge in [-0.3, -0.25) is 4.79 Å². The Kier molecular flexibility index (Phi) is 5.84. The molecule has 0 amide bonds. The number of carbonyl (C=O) groups excluding carboxylic acids is 1. The Bertz CT molecular complexity index is 377. The highest BCUT2D eigenvalue weighted by Gasteiger charge is 2.10. The predicted molar refractivity (Wildman–Crippen MR) is 68.4 cm³/mol. The molecule has 94 valence electrons. The van der Waals surface area contributed by atoms with Gasteiger partial charge >= 0.3 is 0 Å². The van der Waals surface area contributed by atoms with Crippen molar-refractivity contribution < 1.29 is 14.3 Å². The van der Waals surface area contributed by atoms with Gasteiger partial charge in [0, 0.05) is 17.9 Å². The molecular formula is C13H17ClO3. The van der Waals surface area contributed by atoms with E-state index in [1.54, 1.807) is 25.3 Å². The average Bonchev–Trinajstić information content (AvgIpc) is 2.36. The number of halogens is 1. The summed E-state index contributed by atoms with van der Waals surface area (Å²) in [5, 5.41) is 0. The minimum atomic E-state index is 0.0142. The van der Waals surface area contributed by atoms with Crippen LogP contribution in [0.2, 0.25) is 0 Å². The number of methoxy groups -OCH3 is 1. The lowest BCUT2D eigenvalue weighted by Crippen LogP contribution is -2.02. The SMILES string of the molecule is CCCOc1ccc(C(=O)CCCl)cc1OC. The van der Waals surface area contributed by atoms with E-state index in [1.165, 1.54) is 0 Å². The van der Waals surface area contributed by atoms with Crippen molar-refractivity contribution in [2.75, 3.05) is 19.6 Å². The van der Waals surface area contributed by atoms with Gasteiger partial charge in [0.25, 0.3) is 0 Å². The third-order valence-electron chi connectivity index (χ3n) is 2.27. The lowest BCUT2D eigenvalue weighted by Gasteiger charge is -2.11. The summed E-state index contributed by atoms with van der Waals surface area (Å²) in [4.78, 5) is 11.7. The minimum Gasteiger partial charge on any atom is -0.493 e. The van der Waals surface area contributed by atoms with Crippen LogP contribution in [0.5, 0.6) is 11.5 Å². The van der Waals surface area contributed by atoms with Crippen molar-refractivity contribution in [1.29, 1.82) is 0 Å². The zero-order chi connectivity index (χ0) is 12.7. The Labute approximate surface area is 107 Å². The van der Waals surface area contributed by atoms with Crippen LogP contribution < -0.4 is 9.47 Å². The molecule has 0 heterocycles. The first kappa shape index (κ1) is 13.8. The van der Waals surface area contributed by atoms with E-state index in [9.17, 15) is 4.79 Å². The molecule has 1 rings (SSSR count). The van der Waals surface area contributed by atoms with Gasteiger partial charge in [0.2, 0.25) is 0 Å². The number of Topliss-reactive ketones (excluding diaryl/α,β-unsaturated/α-hetero) is 1. The summed E-state index contributed by atoms with van der Waals surface area (Å²) in [7, 11) is 1.56. The molecule has 1 aromatic carbocycles. The van der Waals surface area contributed by atoms with Crippen LogP contribution in [0.15, 0.2) is 18.2 Å². The molecule has 0 fully saturated rings. The highest BCUT2D eigenvalue weighted by molar-refractivity contribution is 6.19. The maximum absolute atomic E-state index is 11.7. The molecule has 0 aliphatic carbocycles. The van der Waals surface area contributed by atoms with Gasteiger partial charge in [0.15, 0.2) is 17.3 Å². The summed E-state index contributed by atoms with van der Waals surface area (Å²) < 4.78 is 10.7. The number of carbonyl (C=O) groups is 1. The molecule has 0 aliphatic rings. The summed E-state index contributed by atoms with van der Waals surface area (Å²) in [6.45, 7) is 2.66. The van der Waals surface area contributed by atoms with E-state index >= 15 is 0 Å². The Morgan fingerprint density at radius 3 is 2.71 bits per heavy atom. The molecular weight excluding hydrogens is 240 g/mol. The second-order valence-corrected chi connectivity index (χ2v) is 3.95. The normalized spacial score (nSPS) is 10.1. The molecule has 0 saturated carbocycles. The molecule has 0 radical (unpaired) electrons. The van der Waals surface area contributed by atoms with E-state index in [2.05, 4.69) is 0 Å². The van der Waals surface area contributed by atoms with Gasteiger partial charge in [-0.2, -0.15) is 0 Å². The van der Waals surface area contributed by atoms with Gasteiger partial charge in [-0.1, -0.05) is 6.92 Å². The minimum absolute atomic E-state index is 0.0142. The third-order valence-corrected chi connectivity index (χ3v) is 2.46. The average molecular weight is 257 g/mol. The number of rotatable bonds is 7. The van der Waals surface area contributed by atoms with Gasteiger partial charge in [-0.15, -0.1) is 11.6 Å². The summed E-state index contributed by atoms with van der Waals surface area (Å²) in [6.07, 6.45) is 1.26. The fraction of sp³-hybridized carbons (Fsp3) is 0.462. The van der Waals surface area contributed by atoms with Gasteiger partial charge in [0.1, 0.15) is 0 Å². The second kappa shape index (κ2) is 7.17. The molecule has 1 aromatic rings. The first-order chi connectivity index (χ1) is 8.22. The molecule has 3 nitrogen and oxygen atoms in total. The molecule has 0 spiro atoms. The van der Waals surface area contributed by atoms with E-state index in [1.807, 2.05) is 6.92 Å². The van der Waals surface area contributed by atoms with Crippen LogP contribution in [0, 0.1) is 0 Å². The van der Waals surface area contributed by atoms with Gasteiger partial charge in [-0.05, 0) is 24.6 Å². The smallest absolute Gasteiger partial charge is 0.164 e. The number of ether oxygens (including phenoxy) is 2. The summed E-state index contributed by atoms with van der Waals surface area (Å²) in [5.41, 5.74) is 0.603. The van der Waals surface area contributed by atoms with Crippen LogP contribution in [0.4, 0.5) is 0 Å². The Morgan fingerprint density at radius 2 is 2.12 bits per heavy atom. The van der Waals surface area contributed by atoms with E-state index in [0.29, 0.717) is 36.0 Å². The van der Waals surface area contributed by atoms with E-state index in [0.717, 1.165) is 6.42 Å². The molecule has 0 aromatic heterocycles. The van der Waals surface area contributed by atoms with Crippen LogP contribution in [-0.2, 0) is 0 Å². The van der Waals surface area contributed by atoms with Crippen LogP contribution >= 0.6 is 11.6 Å². The molecule has 4 heteroatoms. The second-order valence-electron chi connectivity index (χ2n) is 3.58. The number of hydrogen-bond acceptors (Lipinski definition) is 3. The fourth-order valence-electron chi connectivity index (χ4n) is 1.40. The number of benzene rings is 1. The first-order valence-corrected chi connectivity index (χ1v) is 6.16. The maximum Gasteiger partial charge on any atom is 0.164 e. The highest BCUT2D eigenvalue weighted by atomic mass is 35.5. The Morgan fingerprint density at radius 1 is 1.35 bits per heavy atom. The third kappa shape index (κ3) is 3.93. The standard InChI is InChI=1S/C13H17ClO3/c1-3-8-17-12-5-4-10(9-13(12)16-2)11(15)6-7-14/h4-5,9H,3,6-8H2,1-2H3. The zero-order valence-electron chi connectivity index (χ0n) is 10.2. The van der Waals surface area contributed by atoms with Crippen molar-refractivity contribution in [3.63, 3.8) is 0 Å². The first-order valence-electron chi connectivity index (χ1n) is 5.63. The quantitative estimate of drug-likeness (QED) is 0.555. The monoisotopic (exact) mass is 256 g/mol. The van der Waals surface area contributed by atoms with Crippen LogP contribution in [0.25, 0.3) is 0 Å². The number of ketones is 1. The molecule has 0 N–H and O–H groups in total. The predicted octanol–water partition coefficient (Wildman–Crippen LogP) is 3.30. The molecule has 0 bridgehead atoms. The summed E-state index contributed by atoms with van der Waals surface area (Å²) >= 11 is 5.54. The van der Waals surface area contributed by atoms with Crippen LogP contribution in [0.3, 0.4) is 0 Å². The number of alkyl halides is 1. The molecule has 0 aliphatic heterocycles. The fourth-order valence-corrected chi connectivity index (χ4v) is 1.57. The van der Waals surface area contributed by atoms with E-state index < -0.39 is 0 Å². The lowest BCUT2D eigenvalue weighted by atomic mass is 10.1. The molecule has 17 heavy (non-hydrogen) atoms. The van der Waals surface area contributed by atoms with Crippen LogP contribution in [0.1, 0.15) is 30.1 Å². The highest BCUT2D eigenvalue weighted by Crippen LogP contribution is 2.28. The van der Waals surface area contributed by atoms with Gasteiger partial charge in [0.05, 0.1) is 13.7 Å². The lowest BCUT2D eigenvalue weighted by molar-refractivity contribution is 0.0989. The van der Waals surface area contributed by atoms with Gasteiger partial charge in [-0.25, -0.2) is 0 Å². The maximum atomic E-state index is 11.7. The van der Waals surface area contributed by atoms with Crippen molar-refractivity contribution >= 4 is 17.4 Å². The molecule has 0 saturated heterocycles. The number of hydrogen-bond donors (Lipinski definition) is 0. The summed E-state index contributed by atoms with van der Waals surface area (Å²) in [5.74, 6) is 1.59. The zero-order valence-corrected chi connectivity index (χ0v) is 10.9. The van der Waals surface area contributed by atoms with E-state index in [4.69, 9.17) is 21.1 Å². The summed E-state index contributed by atoms with van der Waals surface area (Å²) in [6, 6.07) is 5.19. The van der Waals surface area contributed by atoms with Crippen molar-refractivity contribution in [2.24, 2.45) is 0 Å². The topological polar surface area (TPSA) is 35.5 Å². The largest absolute Gasteiger partial charge is 0.493 e. The van der Waals surface area contributed by atoms with E-state index in [-0.39, 0.29) is 5.78 Å². The Balaban J connectivity index is 2.87. The van der Waals surface area contributed by atoms with Crippen molar-refractivity contribution in [1.82, 2.24) is 0 Å². The van der Waals surface area contributed by atoms with Crippen molar-refractivity contribution in [3.05, 3.63) is 23.8 Å². The van der Waals surface area contributed by atoms with Gasteiger partial charge < -0.3 is 9.47 Å². The molecule has 0 unspecified atom stereocenters. The van der Waals surface area contributed by atoms with Crippen LogP contribution in [-0.4, -0.2) is 25.4 Å². The van der Waals surface area contributed by atoms with Crippen molar-refractivity contribution in [3.8, 4) is 11.5 Å². The Hall–Kier alpha value is -1.22. The van der Waals surface area contributed by atoms with Crippen molar-refractivity contribution in [2.45, 2.75) is 19.8 Å². The molecule has 0 atom stereocenters.